The average molecular weight is 349 g/mol. The standard InChI is InChI=1S/C21H32N2.ClH/c1-21(2,3)17-12-13-20(22-15-14-17)23-19-11-7-10-18(19)16-8-5-4-6-9-16;/h4-6,8-9,17-19H,7,10-15H2,1-3H3,(H,22,23);1H. The molecule has 2 nitrogen and oxygen atoms in total. The first-order valence-electron chi connectivity index (χ1n) is 9.39. The highest BCUT2D eigenvalue weighted by molar-refractivity contribution is 5.85. The molecule has 0 spiro atoms. The summed E-state index contributed by atoms with van der Waals surface area (Å²) in [5, 5.41) is 3.83. The summed E-state index contributed by atoms with van der Waals surface area (Å²) in [7, 11) is 0. The van der Waals surface area contributed by atoms with Gasteiger partial charge in [-0.2, -0.15) is 0 Å². The molecule has 2 aliphatic rings. The molecule has 1 heterocycles. The zero-order valence-electron chi connectivity index (χ0n) is 15.4. The number of aliphatic imine (C=N–C) groups is 1. The smallest absolute Gasteiger partial charge is 0.0965 e. The molecule has 0 radical (unpaired) electrons. The molecule has 1 N–H and O–H groups in total. The molecule has 3 rings (SSSR count). The van der Waals surface area contributed by atoms with Gasteiger partial charge in [-0.15, -0.1) is 12.4 Å². The molecule has 3 atom stereocenters. The maximum atomic E-state index is 4.88. The van der Waals surface area contributed by atoms with Crippen LogP contribution in [0.4, 0.5) is 0 Å². The van der Waals surface area contributed by atoms with Crippen molar-refractivity contribution in [3.8, 4) is 0 Å². The third-order valence-corrected chi connectivity index (χ3v) is 5.83. The van der Waals surface area contributed by atoms with Gasteiger partial charge in [0.05, 0.1) is 5.84 Å². The molecule has 1 aliphatic heterocycles. The second kappa shape index (κ2) is 8.38. The van der Waals surface area contributed by atoms with Crippen LogP contribution >= 0.6 is 12.4 Å². The molecule has 24 heavy (non-hydrogen) atoms. The molecule has 1 aromatic carbocycles. The minimum Gasteiger partial charge on any atom is -0.370 e. The largest absolute Gasteiger partial charge is 0.370 e. The molecular weight excluding hydrogens is 316 g/mol. The fourth-order valence-corrected chi connectivity index (χ4v) is 4.32. The topological polar surface area (TPSA) is 24.4 Å². The number of hydrogen-bond donors (Lipinski definition) is 1. The summed E-state index contributed by atoms with van der Waals surface area (Å²) >= 11 is 0. The summed E-state index contributed by atoms with van der Waals surface area (Å²) < 4.78 is 0. The van der Waals surface area contributed by atoms with Crippen LogP contribution in [0.1, 0.15) is 70.8 Å². The van der Waals surface area contributed by atoms with Gasteiger partial charge in [0.2, 0.25) is 0 Å². The van der Waals surface area contributed by atoms with E-state index in [1.54, 1.807) is 0 Å². The van der Waals surface area contributed by atoms with Crippen LogP contribution in [0.25, 0.3) is 0 Å². The molecular formula is C21H33ClN2. The summed E-state index contributed by atoms with van der Waals surface area (Å²) in [5.74, 6) is 2.71. The lowest BCUT2D eigenvalue weighted by atomic mass is 9.76. The Morgan fingerprint density at radius 2 is 1.75 bits per heavy atom. The summed E-state index contributed by atoms with van der Waals surface area (Å²) in [6, 6.07) is 11.6. The first kappa shape index (κ1) is 19.3. The van der Waals surface area contributed by atoms with Crippen LogP contribution in [-0.4, -0.2) is 18.4 Å². The molecule has 0 amide bonds. The molecule has 1 aliphatic carbocycles. The summed E-state index contributed by atoms with van der Waals surface area (Å²) in [5.41, 5.74) is 1.90. The quantitative estimate of drug-likeness (QED) is 0.741. The third-order valence-electron chi connectivity index (χ3n) is 5.83. The zero-order valence-corrected chi connectivity index (χ0v) is 16.2. The third kappa shape index (κ3) is 4.75. The van der Waals surface area contributed by atoms with Crippen LogP contribution in [0.15, 0.2) is 35.3 Å². The van der Waals surface area contributed by atoms with Crippen molar-refractivity contribution in [3.05, 3.63) is 35.9 Å². The minimum absolute atomic E-state index is 0. The molecule has 0 bridgehead atoms. The lowest BCUT2D eigenvalue weighted by Crippen LogP contribution is -2.36. The van der Waals surface area contributed by atoms with Gasteiger partial charge in [0, 0.05) is 24.9 Å². The number of amidine groups is 1. The Morgan fingerprint density at radius 3 is 2.46 bits per heavy atom. The van der Waals surface area contributed by atoms with E-state index in [9.17, 15) is 0 Å². The SMILES string of the molecule is CC(C)(C)C1CCN=C(NC2CCCC2c2ccccc2)CC1.Cl. The van der Waals surface area contributed by atoms with Gasteiger partial charge in [0.1, 0.15) is 0 Å². The summed E-state index contributed by atoms with van der Waals surface area (Å²) in [6.45, 7) is 8.11. The van der Waals surface area contributed by atoms with Crippen LogP contribution in [0.5, 0.6) is 0 Å². The second-order valence-corrected chi connectivity index (χ2v) is 8.42. The average Bonchev–Trinajstić information content (AvgIpc) is 2.84. The Hall–Kier alpha value is -1.02. The Balaban J connectivity index is 0.00000208. The Labute approximate surface area is 153 Å². The van der Waals surface area contributed by atoms with E-state index in [1.807, 2.05) is 0 Å². The second-order valence-electron chi connectivity index (χ2n) is 8.42. The zero-order chi connectivity index (χ0) is 16.3. The van der Waals surface area contributed by atoms with Gasteiger partial charge in [-0.25, -0.2) is 0 Å². The van der Waals surface area contributed by atoms with Crippen LogP contribution in [0.3, 0.4) is 0 Å². The highest BCUT2D eigenvalue weighted by Gasteiger charge is 2.30. The number of rotatable bonds is 2. The van der Waals surface area contributed by atoms with E-state index in [2.05, 4.69) is 56.4 Å². The normalized spacial score (nSPS) is 27.8. The van der Waals surface area contributed by atoms with E-state index in [0.29, 0.717) is 17.4 Å². The van der Waals surface area contributed by atoms with Crippen molar-refractivity contribution in [1.82, 2.24) is 5.32 Å². The first-order chi connectivity index (χ1) is 11.0. The van der Waals surface area contributed by atoms with E-state index < -0.39 is 0 Å². The van der Waals surface area contributed by atoms with Gasteiger partial charge in [0.15, 0.2) is 0 Å². The van der Waals surface area contributed by atoms with Crippen LogP contribution < -0.4 is 5.32 Å². The van der Waals surface area contributed by atoms with Crippen LogP contribution in [0.2, 0.25) is 0 Å². The fourth-order valence-electron chi connectivity index (χ4n) is 4.32. The lowest BCUT2D eigenvalue weighted by Gasteiger charge is -2.29. The van der Waals surface area contributed by atoms with Crippen molar-refractivity contribution in [2.75, 3.05) is 6.54 Å². The van der Waals surface area contributed by atoms with E-state index in [-0.39, 0.29) is 12.4 Å². The molecule has 134 valence electrons. The number of nitrogens with one attached hydrogen (secondary N) is 1. The van der Waals surface area contributed by atoms with E-state index in [0.717, 1.165) is 18.9 Å². The number of benzene rings is 1. The predicted octanol–water partition coefficient (Wildman–Crippen LogP) is 5.58. The highest BCUT2D eigenvalue weighted by Crippen LogP contribution is 2.36. The Morgan fingerprint density at radius 1 is 1.00 bits per heavy atom. The molecule has 3 unspecified atom stereocenters. The van der Waals surface area contributed by atoms with Crippen LogP contribution in [0, 0.1) is 11.3 Å². The van der Waals surface area contributed by atoms with E-state index >= 15 is 0 Å². The maximum absolute atomic E-state index is 4.88. The number of halogens is 1. The van der Waals surface area contributed by atoms with E-state index in [1.165, 1.54) is 43.5 Å². The van der Waals surface area contributed by atoms with Gasteiger partial charge >= 0.3 is 0 Å². The molecule has 0 saturated heterocycles. The van der Waals surface area contributed by atoms with Crippen molar-refractivity contribution in [2.24, 2.45) is 16.3 Å². The summed E-state index contributed by atoms with van der Waals surface area (Å²) in [6.07, 6.45) is 7.55. The van der Waals surface area contributed by atoms with Crippen LogP contribution in [-0.2, 0) is 0 Å². The molecule has 0 aromatic heterocycles. The Kier molecular flexibility index (Phi) is 6.74. The summed E-state index contributed by atoms with van der Waals surface area (Å²) in [4.78, 5) is 4.88. The van der Waals surface area contributed by atoms with Gasteiger partial charge in [-0.05, 0) is 42.6 Å². The monoisotopic (exact) mass is 348 g/mol. The first-order valence-corrected chi connectivity index (χ1v) is 9.39. The van der Waals surface area contributed by atoms with Crippen molar-refractivity contribution in [1.29, 1.82) is 0 Å². The minimum atomic E-state index is 0. The van der Waals surface area contributed by atoms with Gasteiger partial charge in [-0.3, -0.25) is 4.99 Å². The maximum Gasteiger partial charge on any atom is 0.0965 e. The Bertz CT molecular complexity index is 533. The molecule has 3 heteroatoms. The number of nitrogens with zero attached hydrogens (tertiary/aromatic N) is 1. The lowest BCUT2D eigenvalue weighted by molar-refractivity contribution is 0.220. The highest BCUT2D eigenvalue weighted by atomic mass is 35.5. The predicted molar refractivity (Wildman–Crippen MR) is 106 cm³/mol. The fraction of sp³-hybridized carbons (Fsp3) is 0.667. The molecule has 1 fully saturated rings. The van der Waals surface area contributed by atoms with Gasteiger partial charge < -0.3 is 5.32 Å². The van der Waals surface area contributed by atoms with Crippen molar-refractivity contribution in [3.63, 3.8) is 0 Å². The van der Waals surface area contributed by atoms with Crippen molar-refractivity contribution >= 4 is 18.2 Å². The molecule has 1 aromatic rings. The van der Waals surface area contributed by atoms with Crippen molar-refractivity contribution in [2.45, 2.75) is 71.3 Å². The number of hydrogen-bond acceptors (Lipinski definition) is 2. The van der Waals surface area contributed by atoms with Gasteiger partial charge in [0.25, 0.3) is 0 Å². The van der Waals surface area contributed by atoms with Crippen molar-refractivity contribution < 1.29 is 0 Å². The van der Waals surface area contributed by atoms with Gasteiger partial charge in [-0.1, -0.05) is 57.5 Å². The van der Waals surface area contributed by atoms with E-state index in [4.69, 9.17) is 4.99 Å². The molecule has 1 saturated carbocycles.